The maximum Gasteiger partial charge on any atom is 0.0645 e. The van der Waals surface area contributed by atoms with Crippen LogP contribution in [0.3, 0.4) is 0 Å². The molecule has 0 aromatic rings. The fourth-order valence-electron chi connectivity index (χ4n) is 0.683. The fourth-order valence-corrected chi connectivity index (χ4v) is 0.683. The standard InChI is InChI=1S/C9H18O/c1-5-6-7-9(4,10)8(2)3/h5,8,10H,1,6-7H2,2-4H3/t9-/m1/s1. The van der Waals surface area contributed by atoms with E-state index in [1.54, 1.807) is 0 Å². The summed E-state index contributed by atoms with van der Waals surface area (Å²) in [6, 6.07) is 0. The minimum Gasteiger partial charge on any atom is -0.390 e. The lowest BCUT2D eigenvalue weighted by atomic mass is 9.88. The molecule has 0 heterocycles. The van der Waals surface area contributed by atoms with E-state index in [1.165, 1.54) is 0 Å². The van der Waals surface area contributed by atoms with E-state index in [0.717, 1.165) is 12.8 Å². The van der Waals surface area contributed by atoms with Crippen LogP contribution >= 0.6 is 0 Å². The van der Waals surface area contributed by atoms with Crippen molar-refractivity contribution in [3.05, 3.63) is 12.7 Å². The molecule has 0 saturated heterocycles. The lowest BCUT2D eigenvalue weighted by Gasteiger charge is -2.26. The van der Waals surface area contributed by atoms with Crippen molar-refractivity contribution in [1.29, 1.82) is 0 Å². The number of rotatable bonds is 4. The third-order valence-corrected chi connectivity index (χ3v) is 2.10. The lowest BCUT2D eigenvalue weighted by Crippen LogP contribution is -2.30. The third kappa shape index (κ3) is 3.02. The SMILES string of the molecule is C=CCC[C@@](C)(O)C(C)C. The van der Waals surface area contributed by atoms with E-state index in [1.807, 2.05) is 26.8 Å². The molecule has 1 N–H and O–H groups in total. The summed E-state index contributed by atoms with van der Waals surface area (Å²) >= 11 is 0. The van der Waals surface area contributed by atoms with Crippen molar-refractivity contribution in [2.24, 2.45) is 5.92 Å². The van der Waals surface area contributed by atoms with Gasteiger partial charge in [0.1, 0.15) is 0 Å². The second-order valence-corrected chi connectivity index (χ2v) is 3.34. The van der Waals surface area contributed by atoms with Crippen molar-refractivity contribution in [3.8, 4) is 0 Å². The highest BCUT2D eigenvalue weighted by molar-refractivity contribution is 4.80. The Bertz CT molecular complexity index is 103. The van der Waals surface area contributed by atoms with Gasteiger partial charge in [0, 0.05) is 0 Å². The van der Waals surface area contributed by atoms with Gasteiger partial charge in [0.2, 0.25) is 0 Å². The van der Waals surface area contributed by atoms with Crippen molar-refractivity contribution in [3.63, 3.8) is 0 Å². The van der Waals surface area contributed by atoms with E-state index in [2.05, 4.69) is 6.58 Å². The van der Waals surface area contributed by atoms with Gasteiger partial charge in [-0.25, -0.2) is 0 Å². The summed E-state index contributed by atoms with van der Waals surface area (Å²) in [5, 5.41) is 9.68. The Kier molecular flexibility index (Phi) is 3.66. The monoisotopic (exact) mass is 142 g/mol. The molecule has 0 aromatic carbocycles. The Morgan fingerprint density at radius 1 is 1.60 bits per heavy atom. The van der Waals surface area contributed by atoms with Crippen LogP contribution in [0, 0.1) is 5.92 Å². The average molecular weight is 142 g/mol. The van der Waals surface area contributed by atoms with Crippen molar-refractivity contribution in [2.75, 3.05) is 0 Å². The highest BCUT2D eigenvalue weighted by Gasteiger charge is 2.22. The van der Waals surface area contributed by atoms with Gasteiger partial charge in [-0.1, -0.05) is 19.9 Å². The second-order valence-electron chi connectivity index (χ2n) is 3.34. The molecule has 0 aliphatic rings. The van der Waals surface area contributed by atoms with Crippen LogP contribution in [0.5, 0.6) is 0 Å². The first-order valence-electron chi connectivity index (χ1n) is 3.84. The quantitative estimate of drug-likeness (QED) is 0.597. The molecular formula is C9H18O. The molecule has 1 nitrogen and oxygen atoms in total. The summed E-state index contributed by atoms with van der Waals surface area (Å²) in [5.41, 5.74) is -0.520. The predicted molar refractivity (Wildman–Crippen MR) is 44.9 cm³/mol. The first-order chi connectivity index (χ1) is 4.50. The number of hydrogen-bond acceptors (Lipinski definition) is 1. The Morgan fingerprint density at radius 2 is 2.10 bits per heavy atom. The zero-order valence-corrected chi connectivity index (χ0v) is 7.22. The van der Waals surface area contributed by atoms with Gasteiger partial charge in [0.25, 0.3) is 0 Å². The minimum absolute atomic E-state index is 0.326. The second kappa shape index (κ2) is 3.77. The molecule has 0 bridgehead atoms. The Labute approximate surface area is 63.8 Å². The zero-order valence-electron chi connectivity index (χ0n) is 7.22. The van der Waals surface area contributed by atoms with Gasteiger partial charge in [0.05, 0.1) is 5.60 Å². The van der Waals surface area contributed by atoms with Gasteiger partial charge in [-0.05, 0) is 25.7 Å². The molecule has 10 heavy (non-hydrogen) atoms. The number of aliphatic hydroxyl groups is 1. The molecule has 1 atom stereocenters. The molecule has 0 unspecified atom stereocenters. The molecule has 0 amide bonds. The summed E-state index contributed by atoms with van der Waals surface area (Å²) in [6.07, 6.45) is 3.55. The summed E-state index contributed by atoms with van der Waals surface area (Å²) in [7, 11) is 0. The summed E-state index contributed by atoms with van der Waals surface area (Å²) in [6.45, 7) is 9.55. The molecule has 60 valence electrons. The predicted octanol–water partition coefficient (Wildman–Crippen LogP) is 2.36. The van der Waals surface area contributed by atoms with E-state index < -0.39 is 5.60 Å². The van der Waals surface area contributed by atoms with E-state index in [0.29, 0.717) is 5.92 Å². The molecule has 0 spiro atoms. The molecular weight excluding hydrogens is 124 g/mol. The Morgan fingerprint density at radius 3 is 2.40 bits per heavy atom. The van der Waals surface area contributed by atoms with Gasteiger partial charge < -0.3 is 5.11 Å². The Balaban J connectivity index is 3.74. The summed E-state index contributed by atoms with van der Waals surface area (Å²) < 4.78 is 0. The maximum atomic E-state index is 9.68. The van der Waals surface area contributed by atoms with Crippen LogP contribution in [0.25, 0.3) is 0 Å². The topological polar surface area (TPSA) is 20.2 Å². The molecule has 0 aromatic heterocycles. The highest BCUT2D eigenvalue weighted by Crippen LogP contribution is 2.21. The normalized spacial score (nSPS) is 16.9. The van der Waals surface area contributed by atoms with E-state index in [4.69, 9.17) is 0 Å². The van der Waals surface area contributed by atoms with Crippen LogP contribution in [0.15, 0.2) is 12.7 Å². The number of allylic oxidation sites excluding steroid dienone is 1. The molecule has 0 radical (unpaired) electrons. The first-order valence-corrected chi connectivity index (χ1v) is 3.84. The lowest BCUT2D eigenvalue weighted by molar-refractivity contribution is 0.00632. The van der Waals surface area contributed by atoms with Crippen LogP contribution < -0.4 is 0 Å². The van der Waals surface area contributed by atoms with E-state index in [9.17, 15) is 5.11 Å². The maximum absolute atomic E-state index is 9.68. The van der Waals surface area contributed by atoms with Gasteiger partial charge in [0.15, 0.2) is 0 Å². The fraction of sp³-hybridized carbons (Fsp3) is 0.778. The highest BCUT2D eigenvalue weighted by atomic mass is 16.3. The van der Waals surface area contributed by atoms with Gasteiger partial charge in [-0.2, -0.15) is 0 Å². The molecule has 0 fully saturated rings. The average Bonchev–Trinajstić information content (AvgIpc) is 1.84. The smallest absolute Gasteiger partial charge is 0.0645 e. The molecule has 0 rings (SSSR count). The summed E-state index contributed by atoms with van der Waals surface area (Å²) in [5.74, 6) is 0.326. The van der Waals surface area contributed by atoms with Crippen molar-refractivity contribution in [2.45, 2.75) is 39.2 Å². The van der Waals surface area contributed by atoms with Crippen LogP contribution in [-0.2, 0) is 0 Å². The Hall–Kier alpha value is -0.300. The van der Waals surface area contributed by atoms with Crippen molar-refractivity contribution < 1.29 is 5.11 Å². The van der Waals surface area contributed by atoms with Crippen LogP contribution in [0.1, 0.15) is 33.6 Å². The molecule has 0 aliphatic heterocycles. The van der Waals surface area contributed by atoms with Crippen molar-refractivity contribution in [1.82, 2.24) is 0 Å². The van der Waals surface area contributed by atoms with Crippen molar-refractivity contribution >= 4 is 0 Å². The van der Waals surface area contributed by atoms with E-state index >= 15 is 0 Å². The number of hydrogen-bond donors (Lipinski definition) is 1. The third-order valence-electron chi connectivity index (χ3n) is 2.10. The van der Waals surface area contributed by atoms with E-state index in [-0.39, 0.29) is 0 Å². The molecule has 0 saturated carbocycles. The van der Waals surface area contributed by atoms with Gasteiger partial charge in [-0.3, -0.25) is 0 Å². The molecule has 0 aliphatic carbocycles. The van der Waals surface area contributed by atoms with Crippen LogP contribution in [0.2, 0.25) is 0 Å². The largest absolute Gasteiger partial charge is 0.390 e. The molecule has 1 heteroatoms. The zero-order chi connectivity index (χ0) is 8.20. The van der Waals surface area contributed by atoms with Gasteiger partial charge >= 0.3 is 0 Å². The van der Waals surface area contributed by atoms with Crippen LogP contribution in [-0.4, -0.2) is 10.7 Å². The van der Waals surface area contributed by atoms with Crippen LogP contribution in [0.4, 0.5) is 0 Å². The summed E-state index contributed by atoms with van der Waals surface area (Å²) in [4.78, 5) is 0. The van der Waals surface area contributed by atoms with Gasteiger partial charge in [-0.15, -0.1) is 6.58 Å². The minimum atomic E-state index is -0.520. The first kappa shape index (κ1) is 9.70.